The molecule has 11 aromatic rings. The summed E-state index contributed by atoms with van der Waals surface area (Å²) in [6.07, 6.45) is 0. The second-order valence-corrected chi connectivity index (χ2v) is 16.3. The summed E-state index contributed by atoms with van der Waals surface area (Å²) in [4.78, 5) is 11.1. The van der Waals surface area contributed by atoms with Crippen LogP contribution in [0.3, 0.4) is 0 Å². The van der Waals surface area contributed by atoms with E-state index in [4.69, 9.17) is 14.4 Å². The van der Waals surface area contributed by atoms with Gasteiger partial charge in [0.05, 0.1) is 16.8 Å². The zero-order valence-electron chi connectivity index (χ0n) is 33.6. The molecule has 1 spiro atoms. The Morgan fingerprint density at radius 1 is 0.306 bits per heavy atom. The van der Waals surface area contributed by atoms with Crippen molar-refractivity contribution in [2.24, 2.45) is 0 Å². The number of hydrogen-bond donors (Lipinski definition) is 0. The predicted octanol–water partition coefficient (Wildman–Crippen LogP) is 15.1. The Hall–Kier alpha value is -8.14. The van der Waals surface area contributed by atoms with Gasteiger partial charge in [-0.2, -0.15) is 0 Å². The third kappa shape index (κ3) is 4.94. The number of nitrogens with zero attached hydrogens (tertiary/aromatic N) is 2. The monoisotopic (exact) mass is 788 g/mol. The van der Waals surface area contributed by atoms with Crippen LogP contribution in [-0.2, 0) is 5.41 Å². The first-order valence-electron chi connectivity index (χ1n) is 21.2. The summed E-state index contributed by atoms with van der Waals surface area (Å²) < 4.78 is 6.42. The summed E-state index contributed by atoms with van der Waals surface area (Å²) >= 11 is 0. The van der Waals surface area contributed by atoms with Crippen molar-refractivity contribution in [3.8, 4) is 78.4 Å². The minimum atomic E-state index is -0.615. The smallest absolute Gasteiger partial charge is 0.160 e. The average Bonchev–Trinajstić information content (AvgIpc) is 3.85. The number of fused-ring (bicyclic) bond motifs is 15. The van der Waals surface area contributed by atoms with Crippen LogP contribution < -0.4 is 0 Å². The number of para-hydroxylation sites is 1. The average molecular weight is 789 g/mol. The van der Waals surface area contributed by atoms with E-state index in [1.807, 2.05) is 18.2 Å². The van der Waals surface area contributed by atoms with Gasteiger partial charge < -0.3 is 4.42 Å². The van der Waals surface area contributed by atoms with E-state index in [0.29, 0.717) is 5.82 Å². The molecule has 13 rings (SSSR count). The summed E-state index contributed by atoms with van der Waals surface area (Å²) in [5, 5.41) is 2.11. The first-order valence-corrected chi connectivity index (χ1v) is 21.2. The molecule has 9 aromatic carbocycles. The highest BCUT2D eigenvalue weighted by molar-refractivity contribution is 6.12. The third-order valence-electron chi connectivity index (χ3n) is 13.2. The van der Waals surface area contributed by atoms with Crippen molar-refractivity contribution in [1.82, 2.24) is 9.97 Å². The number of benzene rings is 9. The van der Waals surface area contributed by atoms with Crippen LogP contribution in [0.1, 0.15) is 22.3 Å². The molecule has 0 radical (unpaired) electrons. The molecule has 0 saturated heterocycles. The molecule has 0 N–H and O–H groups in total. The highest BCUT2D eigenvalue weighted by Gasteiger charge is 2.49. The van der Waals surface area contributed by atoms with Crippen LogP contribution in [0.4, 0.5) is 0 Å². The van der Waals surface area contributed by atoms with Crippen LogP contribution in [0.25, 0.3) is 100 Å². The van der Waals surface area contributed by atoms with E-state index in [9.17, 15) is 0 Å². The van der Waals surface area contributed by atoms with Crippen molar-refractivity contribution in [2.75, 3.05) is 0 Å². The van der Waals surface area contributed by atoms with E-state index in [-0.39, 0.29) is 0 Å². The van der Waals surface area contributed by atoms with Gasteiger partial charge in [-0.1, -0.05) is 194 Å². The largest absolute Gasteiger partial charge is 0.456 e. The van der Waals surface area contributed by atoms with Crippen LogP contribution in [0.5, 0.6) is 0 Å². The first kappa shape index (κ1) is 34.7. The van der Waals surface area contributed by atoms with Crippen molar-refractivity contribution >= 4 is 21.9 Å². The molecule has 0 fully saturated rings. The molecule has 288 valence electrons. The molecular weight excluding hydrogens is 753 g/mol. The summed E-state index contributed by atoms with van der Waals surface area (Å²) in [5.41, 5.74) is 20.5. The molecule has 2 aromatic heterocycles. The van der Waals surface area contributed by atoms with Crippen molar-refractivity contribution in [1.29, 1.82) is 0 Å². The van der Waals surface area contributed by atoms with Crippen LogP contribution in [0.15, 0.2) is 223 Å². The highest BCUT2D eigenvalue weighted by Crippen LogP contribution is 2.61. The lowest BCUT2D eigenvalue weighted by atomic mass is 9.65. The Bertz CT molecular complexity index is 3550. The van der Waals surface area contributed by atoms with Crippen molar-refractivity contribution in [3.05, 3.63) is 241 Å². The van der Waals surface area contributed by atoms with Gasteiger partial charge in [0.1, 0.15) is 11.2 Å². The summed E-state index contributed by atoms with van der Waals surface area (Å²) in [5.74, 6) is 0.661. The van der Waals surface area contributed by atoms with Gasteiger partial charge in [0.15, 0.2) is 5.82 Å². The Balaban J connectivity index is 1.13. The van der Waals surface area contributed by atoms with E-state index in [2.05, 4.69) is 200 Å². The lowest BCUT2D eigenvalue weighted by molar-refractivity contribution is 0.669. The summed E-state index contributed by atoms with van der Waals surface area (Å²) in [6, 6.07) is 78.7. The maximum atomic E-state index is 6.42. The second-order valence-electron chi connectivity index (χ2n) is 16.3. The fraction of sp³-hybridized carbons (Fsp3) is 0.0169. The van der Waals surface area contributed by atoms with Crippen LogP contribution in [0.2, 0.25) is 0 Å². The molecule has 3 nitrogen and oxygen atoms in total. The lowest BCUT2D eigenvalue weighted by Gasteiger charge is -2.35. The number of aromatic nitrogens is 2. The molecule has 62 heavy (non-hydrogen) atoms. The molecule has 0 bridgehead atoms. The lowest BCUT2D eigenvalue weighted by Crippen LogP contribution is -2.29. The minimum absolute atomic E-state index is 0.615. The van der Waals surface area contributed by atoms with E-state index in [1.165, 1.54) is 55.6 Å². The van der Waals surface area contributed by atoms with E-state index in [1.54, 1.807) is 0 Å². The van der Waals surface area contributed by atoms with Crippen LogP contribution >= 0.6 is 0 Å². The highest BCUT2D eigenvalue weighted by atomic mass is 16.3. The molecule has 2 aliphatic carbocycles. The fourth-order valence-electron chi connectivity index (χ4n) is 10.6. The van der Waals surface area contributed by atoms with Gasteiger partial charge >= 0.3 is 0 Å². The van der Waals surface area contributed by atoms with Crippen molar-refractivity contribution < 1.29 is 4.42 Å². The van der Waals surface area contributed by atoms with Crippen molar-refractivity contribution in [3.63, 3.8) is 0 Å². The molecule has 2 heterocycles. The maximum Gasteiger partial charge on any atom is 0.160 e. The van der Waals surface area contributed by atoms with Crippen molar-refractivity contribution in [2.45, 2.75) is 5.41 Å². The van der Waals surface area contributed by atoms with E-state index < -0.39 is 5.41 Å². The molecule has 0 saturated carbocycles. The normalized spacial score (nSPS) is 13.0. The number of furan rings is 1. The van der Waals surface area contributed by atoms with Gasteiger partial charge in [0.2, 0.25) is 0 Å². The number of hydrogen-bond acceptors (Lipinski definition) is 3. The van der Waals surface area contributed by atoms with E-state index in [0.717, 1.165) is 61.1 Å². The van der Waals surface area contributed by atoms with Crippen LogP contribution in [-0.4, -0.2) is 9.97 Å². The molecule has 3 heteroatoms. The molecule has 2 aliphatic rings. The van der Waals surface area contributed by atoms with Gasteiger partial charge in [0.25, 0.3) is 0 Å². The quantitative estimate of drug-likeness (QED) is 0.178. The predicted molar refractivity (Wildman–Crippen MR) is 253 cm³/mol. The minimum Gasteiger partial charge on any atom is -0.456 e. The summed E-state index contributed by atoms with van der Waals surface area (Å²) in [6.45, 7) is 0. The third-order valence-corrected chi connectivity index (χ3v) is 13.2. The zero-order valence-corrected chi connectivity index (χ0v) is 33.6. The molecular formula is C59H36N2O. The number of rotatable bonds is 4. The van der Waals surface area contributed by atoms with Gasteiger partial charge in [-0.3, -0.25) is 0 Å². The Morgan fingerprint density at radius 2 is 0.790 bits per heavy atom. The SMILES string of the molecule is c1ccc(-c2ccccc2-c2cc(-c3cccc4oc5ccccc5c34)nc(-c3ccc4c(c3)C3(c5ccccc5-c5ccccc5-4)c4ccccc4-c4ccccc43)n2)cc1. The Labute approximate surface area is 359 Å². The second kappa shape index (κ2) is 13.4. The molecule has 0 atom stereocenters. The van der Waals surface area contributed by atoms with Gasteiger partial charge in [-0.05, 0) is 91.0 Å². The maximum absolute atomic E-state index is 6.42. The standard InChI is InChI=1S/C59H36N2O/c1-2-17-37(18-3-1)39-19-4-7-25-46(39)53-36-54(47-27-16-32-56-57(47)48-26-11-15-31-55(48)62-56)61-58(60-53)38-33-34-45-41-21-6-5-20-40(41)42-22-8-12-28-49(42)59(52(45)35-38)50-29-13-9-23-43(50)44-24-10-14-30-51(44)59/h1-36H. The topological polar surface area (TPSA) is 38.9 Å². The molecule has 0 unspecified atom stereocenters. The van der Waals surface area contributed by atoms with Gasteiger partial charge in [-0.25, -0.2) is 9.97 Å². The fourth-order valence-corrected chi connectivity index (χ4v) is 10.6. The first-order chi connectivity index (χ1) is 30.8. The van der Waals surface area contributed by atoms with Crippen LogP contribution in [0, 0.1) is 0 Å². The van der Waals surface area contributed by atoms with Gasteiger partial charge in [-0.15, -0.1) is 0 Å². The zero-order chi connectivity index (χ0) is 40.8. The molecule has 0 aliphatic heterocycles. The Kier molecular flexibility index (Phi) is 7.52. The molecule has 0 amide bonds. The Morgan fingerprint density at radius 3 is 1.47 bits per heavy atom. The van der Waals surface area contributed by atoms with E-state index >= 15 is 0 Å². The van der Waals surface area contributed by atoms with Gasteiger partial charge in [0, 0.05) is 27.5 Å². The summed E-state index contributed by atoms with van der Waals surface area (Å²) in [7, 11) is 0.